The highest BCUT2D eigenvalue weighted by molar-refractivity contribution is 7.13. The predicted molar refractivity (Wildman–Crippen MR) is 109 cm³/mol. The number of amides is 1. The van der Waals surface area contributed by atoms with Crippen LogP contribution in [0.3, 0.4) is 0 Å². The van der Waals surface area contributed by atoms with Crippen molar-refractivity contribution >= 4 is 23.5 Å². The number of carbonyl (C=O) groups excluding carboxylic acids is 1. The fourth-order valence-corrected chi connectivity index (χ4v) is 3.30. The molecule has 27 heavy (non-hydrogen) atoms. The SMILES string of the molecule is O=C(N/N=C/c1ccc(-c2ccccc2)cc1)c1cc(-c2cccs2)[nH]n1. The number of carbonyl (C=O) groups is 1. The number of nitrogens with zero attached hydrogens (tertiary/aromatic N) is 2. The molecule has 1 amide bonds. The van der Waals surface area contributed by atoms with Crippen LogP contribution in [0.15, 0.2) is 83.3 Å². The molecule has 0 radical (unpaired) electrons. The quantitative estimate of drug-likeness (QED) is 0.398. The second-order valence-electron chi connectivity index (χ2n) is 5.83. The van der Waals surface area contributed by atoms with Crippen LogP contribution in [0.5, 0.6) is 0 Å². The molecule has 2 aromatic carbocycles. The van der Waals surface area contributed by atoms with Crippen molar-refractivity contribution in [3.05, 3.63) is 89.4 Å². The number of hydrazone groups is 1. The van der Waals surface area contributed by atoms with Gasteiger partial charge >= 0.3 is 0 Å². The molecular formula is C21H16N4OS. The van der Waals surface area contributed by atoms with Crippen molar-refractivity contribution in [2.75, 3.05) is 0 Å². The van der Waals surface area contributed by atoms with E-state index in [1.165, 1.54) is 0 Å². The van der Waals surface area contributed by atoms with E-state index in [9.17, 15) is 4.79 Å². The Bertz CT molecular complexity index is 1050. The molecule has 4 rings (SSSR count). The van der Waals surface area contributed by atoms with E-state index >= 15 is 0 Å². The third kappa shape index (κ3) is 4.02. The standard InChI is InChI=1S/C21H16N4OS/c26-21(19-13-18(23-24-19)20-7-4-12-27-20)25-22-14-15-8-10-17(11-9-15)16-5-2-1-3-6-16/h1-14H,(H,23,24)(H,25,26)/b22-14+. The third-order valence-corrected chi connectivity index (χ3v) is 4.90. The molecule has 2 N–H and O–H groups in total. The largest absolute Gasteiger partial charge is 0.291 e. The molecule has 0 saturated heterocycles. The third-order valence-electron chi connectivity index (χ3n) is 3.99. The van der Waals surface area contributed by atoms with Gasteiger partial charge in [0.1, 0.15) is 0 Å². The molecule has 0 aliphatic rings. The van der Waals surface area contributed by atoms with E-state index in [0.717, 1.165) is 27.3 Å². The number of aromatic nitrogens is 2. The van der Waals surface area contributed by atoms with Crippen LogP contribution in [0.4, 0.5) is 0 Å². The Morgan fingerprint density at radius 3 is 2.52 bits per heavy atom. The summed E-state index contributed by atoms with van der Waals surface area (Å²) in [6.07, 6.45) is 1.61. The Balaban J connectivity index is 1.38. The zero-order valence-corrected chi connectivity index (χ0v) is 15.1. The fraction of sp³-hybridized carbons (Fsp3) is 0. The van der Waals surface area contributed by atoms with Gasteiger partial charge in [0.15, 0.2) is 5.69 Å². The monoisotopic (exact) mass is 372 g/mol. The predicted octanol–water partition coefficient (Wildman–Crippen LogP) is 4.57. The Morgan fingerprint density at radius 1 is 1.00 bits per heavy atom. The molecule has 0 aliphatic carbocycles. The van der Waals surface area contributed by atoms with Crippen molar-refractivity contribution < 1.29 is 4.79 Å². The second kappa shape index (κ2) is 7.80. The van der Waals surface area contributed by atoms with Crippen molar-refractivity contribution in [1.29, 1.82) is 0 Å². The first-order valence-corrected chi connectivity index (χ1v) is 9.26. The highest BCUT2D eigenvalue weighted by Crippen LogP contribution is 2.23. The van der Waals surface area contributed by atoms with Gasteiger partial charge in [-0.15, -0.1) is 11.3 Å². The highest BCUT2D eigenvalue weighted by atomic mass is 32.1. The molecule has 0 aliphatic heterocycles. The van der Waals surface area contributed by atoms with E-state index in [1.54, 1.807) is 23.6 Å². The first-order valence-electron chi connectivity index (χ1n) is 8.38. The molecular weight excluding hydrogens is 356 g/mol. The van der Waals surface area contributed by atoms with E-state index in [-0.39, 0.29) is 5.91 Å². The highest BCUT2D eigenvalue weighted by Gasteiger charge is 2.11. The van der Waals surface area contributed by atoms with Crippen LogP contribution in [0.1, 0.15) is 16.1 Å². The lowest BCUT2D eigenvalue weighted by Crippen LogP contribution is -2.17. The summed E-state index contributed by atoms with van der Waals surface area (Å²) >= 11 is 1.58. The molecule has 132 valence electrons. The van der Waals surface area contributed by atoms with Gasteiger partial charge in [-0.1, -0.05) is 60.7 Å². The van der Waals surface area contributed by atoms with Crippen LogP contribution in [-0.2, 0) is 0 Å². The van der Waals surface area contributed by atoms with E-state index in [4.69, 9.17) is 0 Å². The average Bonchev–Trinajstić information content (AvgIpc) is 3.41. The minimum Gasteiger partial charge on any atom is -0.276 e. The molecule has 0 bridgehead atoms. The summed E-state index contributed by atoms with van der Waals surface area (Å²) < 4.78 is 0. The maximum Gasteiger partial charge on any atom is 0.291 e. The average molecular weight is 372 g/mol. The molecule has 0 atom stereocenters. The van der Waals surface area contributed by atoms with E-state index in [1.807, 2.05) is 60.0 Å². The van der Waals surface area contributed by atoms with Gasteiger partial charge < -0.3 is 0 Å². The number of H-pyrrole nitrogens is 1. The maximum atomic E-state index is 12.2. The number of nitrogens with one attached hydrogen (secondary N) is 2. The van der Waals surface area contributed by atoms with Crippen molar-refractivity contribution in [3.63, 3.8) is 0 Å². The minimum absolute atomic E-state index is 0.301. The number of benzene rings is 2. The molecule has 2 aromatic heterocycles. The van der Waals surface area contributed by atoms with Crippen LogP contribution in [0, 0.1) is 0 Å². The molecule has 6 heteroatoms. The number of hydrogen-bond donors (Lipinski definition) is 2. The number of hydrogen-bond acceptors (Lipinski definition) is 4. The number of rotatable bonds is 5. The van der Waals surface area contributed by atoms with Crippen molar-refractivity contribution in [3.8, 4) is 21.7 Å². The smallest absolute Gasteiger partial charge is 0.276 e. The lowest BCUT2D eigenvalue weighted by atomic mass is 10.0. The zero-order valence-electron chi connectivity index (χ0n) is 14.3. The molecule has 0 spiro atoms. The van der Waals surface area contributed by atoms with Gasteiger partial charge in [0.25, 0.3) is 5.91 Å². The van der Waals surface area contributed by atoms with Crippen LogP contribution in [0.25, 0.3) is 21.7 Å². The Kier molecular flexibility index (Phi) is 4.89. The van der Waals surface area contributed by atoms with Crippen LogP contribution in [0.2, 0.25) is 0 Å². The second-order valence-corrected chi connectivity index (χ2v) is 6.78. The summed E-state index contributed by atoms with van der Waals surface area (Å²) in [5, 5.41) is 12.9. The molecule has 0 fully saturated rings. The topological polar surface area (TPSA) is 70.1 Å². The molecule has 5 nitrogen and oxygen atoms in total. The summed E-state index contributed by atoms with van der Waals surface area (Å²) in [6, 6.07) is 23.8. The molecule has 0 unspecified atom stereocenters. The number of thiophene rings is 1. The van der Waals surface area contributed by atoms with Gasteiger partial charge in [-0.3, -0.25) is 9.89 Å². The van der Waals surface area contributed by atoms with Crippen molar-refractivity contribution in [1.82, 2.24) is 15.6 Å². The van der Waals surface area contributed by atoms with Gasteiger partial charge in [-0.2, -0.15) is 10.2 Å². The normalized spacial score (nSPS) is 11.0. The number of aromatic amines is 1. The van der Waals surface area contributed by atoms with Crippen molar-refractivity contribution in [2.24, 2.45) is 5.10 Å². The molecule has 0 saturated carbocycles. The summed E-state index contributed by atoms with van der Waals surface area (Å²) in [4.78, 5) is 13.2. The van der Waals surface area contributed by atoms with Crippen LogP contribution >= 0.6 is 11.3 Å². The van der Waals surface area contributed by atoms with Crippen LogP contribution in [-0.4, -0.2) is 22.3 Å². The summed E-state index contributed by atoms with van der Waals surface area (Å²) in [7, 11) is 0. The Morgan fingerprint density at radius 2 is 1.78 bits per heavy atom. The van der Waals surface area contributed by atoms with E-state index in [0.29, 0.717) is 5.69 Å². The van der Waals surface area contributed by atoms with Crippen molar-refractivity contribution in [2.45, 2.75) is 0 Å². The van der Waals surface area contributed by atoms with Gasteiger partial charge in [0.05, 0.1) is 16.8 Å². The minimum atomic E-state index is -0.355. The Hall–Kier alpha value is -3.51. The first-order chi connectivity index (χ1) is 13.3. The molecule has 4 aromatic rings. The van der Waals surface area contributed by atoms with Gasteiger partial charge in [-0.05, 0) is 34.2 Å². The van der Waals surface area contributed by atoms with E-state index in [2.05, 4.69) is 32.9 Å². The zero-order chi connectivity index (χ0) is 18.5. The summed E-state index contributed by atoms with van der Waals surface area (Å²) in [6.45, 7) is 0. The summed E-state index contributed by atoms with van der Waals surface area (Å²) in [5.74, 6) is -0.355. The van der Waals surface area contributed by atoms with Crippen LogP contribution < -0.4 is 5.43 Å². The van der Waals surface area contributed by atoms with E-state index < -0.39 is 0 Å². The van der Waals surface area contributed by atoms with Gasteiger partial charge in [-0.25, -0.2) is 5.43 Å². The lowest BCUT2D eigenvalue weighted by molar-refractivity contribution is 0.0950. The maximum absolute atomic E-state index is 12.2. The first kappa shape index (κ1) is 16.9. The fourth-order valence-electron chi connectivity index (χ4n) is 2.61. The molecule has 2 heterocycles. The van der Waals surface area contributed by atoms with Gasteiger partial charge in [0.2, 0.25) is 0 Å². The summed E-state index contributed by atoms with van der Waals surface area (Å²) in [5.41, 5.74) is 6.81. The van der Waals surface area contributed by atoms with Gasteiger partial charge in [0, 0.05) is 0 Å². The Labute approximate surface area is 160 Å². The lowest BCUT2D eigenvalue weighted by Gasteiger charge is -2.01.